The smallest absolute Gasteiger partial charge is 0.238 e. The number of hydrogen-bond acceptors (Lipinski definition) is 2. The summed E-state index contributed by atoms with van der Waals surface area (Å²) in [5, 5.41) is 6.53. The summed E-state index contributed by atoms with van der Waals surface area (Å²) in [7, 11) is 0. The first-order valence-electron chi connectivity index (χ1n) is 9.66. The lowest BCUT2D eigenvalue weighted by Gasteiger charge is -2.23. The molecule has 2 aromatic rings. The molecule has 3 heteroatoms. The normalized spacial score (nSPS) is 12.2. The topological polar surface area (TPSA) is 41.1 Å². The number of rotatable bonds is 8. The maximum Gasteiger partial charge on any atom is 0.238 e. The summed E-state index contributed by atoms with van der Waals surface area (Å²) in [6, 6.07) is 15.0. The van der Waals surface area contributed by atoms with Crippen molar-refractivity contribution in [2.24, 2.45) is 5.92 Å². The summed E-state index contributed by atoms with van der Waals surface area (Å²) >= 11 is 0. The number of anilines is 1. The van der Waals surface area contributed by atoms with Gasteiger partial charge in [-0.1, -0.05) is 70.2 Å². The molecule has 0 aliphatic carbocycles. The van der Waals surface area contributed by atoms with Gasteiger partial charge in [-0.2, -0.15) is 0 Å². The second kappa shape index (κ2) is 9.54. The van der Waals surface area contributed by atoms with Gasteiger partial charge >= 0.3 is 0 Å². The molecule has 0 aromatic heterocycles. The molecule has 2 N–H and O–H groups in total. The van der Waals surface area contributed by atoms with Crippen LogP contribution in [-0.4, -0.2) is 12.5 Å². The molecular formula is C23H32N2O. The quantitative estimate of drug-likeness (QED) is 0.698. The SMILES string of the molecule is CCc1ccc([C@H](NCC(=O)Nc2c(C)cccc2CC)C(C)C)cc1. The number of aryl methyl sites for hydroxylation is 3. The predicted octanol–water partition coefficient (Wildman–Crippen LogP) is 5.05. The van der Waals surface area contributed by atoms with E-state index < -0.39 is 0 Å². The summed E-state index contributed by atoms with van der Waals surface area (Å²) in [6.07, 6.45) is 1.95. The lowest BCUT2D eigenvalue weighted by molar-refractivity contribution is -0.115. The average molecular weight is 353 g/mol. The number of nitrogens with one attached hydrogen (secondary N) is 2. The Morgan fingerprint density at radius 2 is 1.69 bits per heavy atom. The van der Waals surface area contributed by atoms with E-state index in [1.54, 1.807) is 0 Å². The third-order valence-corrected chi connectivity index (χ3v) is 4.90. The Morgan fingerprint density at radius 3 is 2.27 bits per heavy atom. The Bertz CT molecular complexity index is 719. The third-order valence-electron chi connectivity index (χ3n) is 4.90. The van der Waals surface area contributed by atoms with E-state index >= 15 is 0 Å². The average Bonchev–Trinajstić information content (AvgIpc) is 2.63. The number of amides is 1. The molecule has 26 heavy (non-hydrogen) atoms. The number of benzene rings is 2. The molecule has 2 rings (SSSR count). The van der Waals surface area contributed by atoms with Gasteiger partial charge < -0.3 is 10.6 Å². The molecule has 0 saturated carbocycles. The van der Waals surface area contributed by atoms with E-state index in [1.807, 2.05) is 19.1 Å². The van der Waals surface area contributed by atoms with Crippen LogP contribution in [0.15, 0.2) is 42.5 Å². The van der Waals surface area contributed by atoms with Gasteiger partial charge in [-0.05, 0) is 47.9 Å². The highest BCUT2D eigenvalue weighted by atomic mass is 16.1. The molecule has 0 radical (unpaired) electrons. The fraction of sp³-hybridized carbons (Fsp3) is 0.435. The van der Waals surface area contributed by atoms with Crippen LogP contribution in [0, 0.1) is 12.8 Å². The Labute approximate surface area is 158 Å². The summed E-state index contributed by atoms with van der Waals surface area (Å²) in [6.45, 7) is 11.0. The van der Waals surface area contributed by atoms with Crippen LogP contribution in [0.25, 0.3) is 0 Å². The van der Waals surface area contributed by atoms with Crippen molar-refractivity contribution >= 4 is 11.6 Å². The van der Waals surface area contributed by atoms with Gasteiger partial charge in [0.15, 0.2) is 0 Å². The van der Waals surface area contributed by atoms with Gasteiger partial charge in [0, 0.05) is 11.7 Å². The van der Waals surface area contributed by atoms with Gasteiger partial charge in [-0.25, -0.2) is 0 Å². The first-order valence-corrected chi connectivity index (χ1v) is 9.66. The van der Waals surface area contributed by atoms with Gasteiger partial charge in [0.05, 0.1) is 6.54 Å². The van der Waals surface area contributed by atoms with Crippen molar-refractivity contribution in [2.45, 2.75) is 53.5 Å². The van der Waals surface area contributed by atoms with Crippen molar-refractivity contribution in [3.8, 4) is 0 Å². The minimum atomic E-state index is 0.00447. The lowest BCUT2D eigenvalue weighted by atomic mass is 9.95. The molecule has 0 bridgehead atoms. The highest BCUT2D eigenvalue weighted by Crippen LogP contribution is 2.23. The molecule has 0 saturated heterocycles. The summed E-state index contributed by atoms with van der Waals surface area (Å²) in [5.74, 6) is 0.407. The van der Waals surface area contributed by atoms with Crippen LogP contribution in [0.1, 0.15) is 56.0 Å². The van der Waals surface area contributed by atoms with Crippen molar-refractivity contribution < 1.29 is 4.79 Å². The van der Waals surface area contributed by atoms with E-state index in [-0.39, 0.29) is 11.9 Å². The minimum Gasteiger partial charge on any atom is -0.324 e. The molecular weight excluding hydrogens is 320 g/mol. The standard InChI is InChI=1S/C23H32N2O/c1-6-18-11-13-20(14-12-18)22(16(3)4)24-15-21(26)25-23-17(5)9-8-10-19(23)7-2/h8-14,16,22,24H,6-7,15H2,1-5H3,(H,25,26)/t22-/m1/s1. The maximum absolute atomic E-state index is 12.5. The van der Waals surface area contributed by atoms with E-state index in [9.17, 15) is 4.79 Å². The van der Waals surface area contributed by atoms with Gasteiger partial charge in [-0.15, -0.1) is 0 Å². The van der Waals surface area contributed by atoms with Gasteiger partial charge in [0.1, 0.15) is 0 Å². The Balaban J connectivity index is 2.03. The van der Waals surface area contributed by atoms with Crippen LogP contribution in [0.2, 0.25) is 0 Å². The van der Waals surface area contributed by atoms with Gasteiger partial charge in [-0.3, -0.25) is 4.79 Å². The van der Waals surface area contributed by atoms with Crippen LogP contribution < -0.4 is 10.6 Å². The van der Waals surface area contributed by atoms with Crippen molar-refractivity contribution in [2.75, 3.05) is 11.9 Å². The zero-order chi connectivity index (χ0) is 19.1. The van der Waals surface area contributed by atoms with Crippen molar-refractivity contribution in [1.82, 2.24) is 5.32 Å². The van der Waals surface area contributed by atoms with Crippen molar-refractivity contribution in [3.05, 3.63) is 64.7 Å². The second-order valence-electron chi connectivity index (χ2n) is 7.21. The van der Waals surface area contributed by atoms with Crippen molar-refractivity contribution in [1.29, 1.82) is 0 Å². The molecule has 1 atom stereocenters. The molecule has 0 fully saturated rings. The zero-order valence-corrected chi connectivity index (χ0v) is 16.7. The van der Waals surface area contributed by atoms with Crippen molar-refractivity contribution in [3.63, 3.8) is 0 Å². The Kier molecular flexibility index (Phi) is 7.40. The first-order chi connectivity index (χ1) is 12.5. The Morgan fingerprint density at radius 1 is 1.00 bits per heavy atom. The molecule has 0 unspecified atom stereocenters. The van der Waals surface area contributed by atoms with E-state index in [2.05, 4.69) is 68.7 Å². The summed E-state index contributed by atoms with van der Waals surface area (Å²) in [4.78, 5) is 12.5. The molecule has 0 aliphatic heterocycles. The van der Waals surface area contributed by atoms with Crippen LogP contribution >= 0.6 is 0 Å². The minimum absolute atomic E-state index is 0.00447. The van der Waals surface area contributed by atoms with E-state index in [0.717, 1.165) is 24.1 Å². The highest BCUT2D eigenvalue weighted by molar-refractivity contribution is 5.93. The van der Waals surface area contributed by atoms with Crippen LogP contribution in [-0.2, 0) is 17.6 Å². The number of carbonyl (C=O) groups excluding carboxylic acids is 1. The molecule has 0 aliphatic rings. The van der Waals surface area contributed by atoms with E-state index in [1.165, 1.54) is 16.7 Å². The molecule has 2 aromatic carbocycles. The number of para-hydroxylation sites is 1. The lowest BCUT2D eigenvalue weighted by Crippen LogP contribution is -2.34. The number of hydrogen-bond donors (Lipinski definition) is 2. The fourth-order valence-corrected chi connectivity index (χ4v) is 3.29. The number of carbonyl (C=O) groups is 1. The van der Waals surface area contributed by atoms with Gasteiger partial charge in [0.2, 0.25) is 5.91 Å². The third kappa shape index (κ3) is 5.18. The maximum atomic E-state index is 12.5. The zero-order valence-electron chi connectivity index (χ0n) is 16.7. The van der Waals surface area contributed by atoms with Crippen LogP contribution in [0.3, 0.4) is 0 Å². The molecule has 3 nitrogen and oxygen atoms in total. The largest absolute Gasteiger partial charge is 0.324 e. The predicted molar refractivity (Wildman–Crippen MR) is 111 cm³/mol. The Hall–Kier alpha value is -2.13. The summed E-state index contributed by atoms with van der Waals surface area (Å²) in [5.41, 5.74) is 5.80. The molecule has 0 heterocycles. The highest BCUT2D eigenvalue weighted by Gasteiger charge is 2.17. The van der Waals surface area contributed by atoms with E-state index in [4.69, 9.17) is 0 Å². The summed E-state index contributed by atoms with van der Waals surface area (Å²) < 4.78 is 0. The molecule has 1 amide bonds. The molecule has 0 spiro atoms. The monoisotopic (exact) mass is 352 g/mol. The van der Waals surface area contributed by atoms with Crippen LogP contribution in [0.5, 0.6) is 0 Å². The fourth-order valence-electron chi connectivity index (χ4n) is 3.29. The van der Waals surface area contributed by atoms with Gasteiger partial charge in [0.25, 0.3) is 0 Å². The van der Waals surface area contributed by atoms with Crippen LogP contribution in [0.4, 0.5) is 5.69 Å². The first kappa shape index (κ1) is 20.2. The second-order valence-corrected chi connectivity index (χ2v) is 7.21. The van der Waals surface area contributed by atoms with E-state index in [0.29, 0.717) is 12.5 Å². The molecule has 140 valence electrons.